The summed E-state index contributed by atoms with van der Waals surface area (Å²) >= 11 is 0. The topological polar surface area (TPSA) is 41.3 Å². The minimum Gasteiger partial charge on any atom is -0.396 e. The fraction of sp³-hybridized carbons (Fsp3) is 0.438. The van der Waals surface area contributed by atoms with Crippen LogP contribution in [0.3, 0.4) is 0 Å². The maximum absolute atomic E-state index is 9.24. The monoisotopic (exact) mass is 271 g/mol. The van der Waals surface area contributed by atoms with Gasteiger partial charge in [0.05, 0.1) is 11.9 Å². The minimum atomic E-state index is 0.299. The van der Waals surface area contributed by atoms with Gasteiger partial charge in [-0.2, -0.15) is 0 Å². The van der Waals surface area contributed by atoms with Crippen LogP contribution in [0.25, 0.3) is 5.69 Å². The molecule has 1 aromatic heterocycles. The van der Waals surface area contributed by atoms with Gasteiger partial charge in [0.2, 0.25) is 0 Å². The first-order valence-electron chi connectivity index (χ1n) is 7.20. The second-order valence-corrected chi connectivity index (χ2v) is 5.54. The molecule has 2 heterocycles. The van der Waals surface area contributed by atoms with Crippen molar-refractivity contribution < 1.29 is 5.11 Å². The Balaban J connectivity index is 1.81. The Kier molecular flexibility index (Phi) is 3.85. The molecule has 1 atom stereocenters. The van der Waals surface area contributed by atoms with Gasteiger partial charge in [-0.25, -0.2) is 4.98 Å². The first-order valence-corrected chi connectivity index (χ1v) is 7.20. The third-order valence-corrected chi connectivity index (χ3v) is 4.04. The van der Waals surface area contributed by atoms with Gasteiger partial charge in [0.1, 0.15) is 5.82 Å². The van der Waals surface area contributed by atoms with Crippen molar-refractivity contribution in [2.75, 3.05) is 19.7 Å². The first-order chi connectivity index (χ1) is 9.78. The molecule has 0 saturated carbocycles. The van der Waals surface area contributed by atoms with Gasteiger partial charge in [-0.05, 0) is 37.9 Å². The summed E-state index contributed by atoms with van der Waals surface area (Å²) in [5.41, 5.74) is 2.38. The van der Waals surface area contributed by atoms with E-state index in [-0.39, 0.29) is 0 Å². The number of hydrogen-bond acceptors (Lipinski definition) is 3. The molecule has 1 N–H and O–H groups in total. The molecule has 0 bridgehead atoms. The van der Waals surface area contributed by atoms with Crippen LogP contribution in [0.2, 0.25) is 0 Å². The van der Waals surface area contributed by atoms with Crippen molar-refractivity contribution in [3.63, 3.8) is 0 Å². The average molecular weight is 271 g/mol. The van der Waals surface area contributed by atoms with Crippen molar-refractivity contribution >= 4 is 0 Å². The highest BCUT2D eigenvalue weighted by Gasteiger charge is 2.23. The lowest BCUT2D eigenvalue weighted by molar-refractivity contribution is 0.219. The molecule has 1 saturated heterocycles. The smallest absolute Gasteiger partial charge is 0.110 e. The molecule has 4 heteroatoms. The Labute approximate surface area is 119 Å². The predicted octanol–water partition coefficient (Wildman–Crippen LogP) is 1.99. The molecule has 1 aliphatic heterocycles. The largest absolute Gasteiger partial charge is 0.396 e. The van der Waals surface area contributed by atoms with Crippen LogP contribution >= 0.6 is 0 Å². The molecular formula is C16H21N3O. The van der Waals surface area contributed by atoms with Crippen LogP contribution in [-0.2, 0) is 6.54 Å². The van der Waals surface area contributed by atoms with Gasteiger partial charge in [0.25, 0.3) is 0 Å². The summed E-state index contributed by atoms with van der Waals surface area (Å²) < 4.78 is 2.21. The van der Waals surface area contributed by atoms with E-state index in [1.54, 1.807) is 0 Å². The van der Waals surface area contributed by atoms with E-state index < -0.39 is 0 Å². The number of nitrogens with zero attached hydrogens (tertiary/aromatic N) is 3. The maximum atomic E-state index is 9.24. The lowest BCUT2D eigenvalue weighted by Crippen LogP contribution is -2.22. The summed E-state index contributed by atoms with van der Waals surface area (Å²) in [6.45, 7) is 5.27. The van der Waals surface area contributed by atoms with Gasteiger partial charge in [0, 0.05) is 25.4 Å². The summed E-state index contributed by atoms with van der Waals surface area (Å²) in [5, 5.41) is 9.24. The number of likely N-dealkylation sites (tertiary alicyclic amines) is 1. The zero-order chi connectivity index (χ0) is 13.9. The first kappa shape index (κ1) is 13.3. The normalized spacial score (nSPS) is 19.6. The molecule has 3 rings (SSSR count). The summed E-state index contributed by atoms with van der Waals surface area (Å²) in [7, 11) is 0. The molecule has 0 amide bonds. The molecule has 20 heavy (non-hydrogen) atoms. The van der Waals surface area contributed by atoms with Crippen LogP contribution in [0, 0.1) is 12.8 Å². The standard InChI is InChI=1S/C16H21N3O/c1-13-17-9-16(11-18-8-7-14(10-18)12-20)19(13)15-5-3-2-4-6-15/h2-6,9,14,20H,7-8,10-12H2,1H3. The summed E-state index contributed by atoms with van der Waals surface area (Å²) in [5.74, 6) is 1.45. The number of hydrogen-bond donors (Lipinski definition) is 1. The molecule has 106 valence electrons. The predicted molar refractivity (Wildman–Crippen MR) is 78.8 cm³/mol. The van der Waals surface area contributed by atoms with Gasteiger partial charge in [-0.3, -0.25) is 9.47 Å². The van der Waals surface area contributed by atoms with Crippen LogP contribution in [-0.4, -0.2) is 39.3 Å². The van der Waals surface area contributed by atoms with Crippen LogP contribution in [0.5, 0.6) is 0 Å². The van der Waals surface area contributed by atoms with Crippen molar-refractivity contribution in [3.05, 3.63) is 48.0 Å². The Morgan fingerprint density at radius 2 is 2.10 bits per heavy atom. The fourth-order valence-electron chi connectivity index (χ4n) is 2.97. The molecule has 1 fully saturated rings. The molecule has 0 spiro atoms. The van der Waals surface area contributed by atoms with E-state index in [0.717, 1.165) is 37.6 Å². The van der Waals surface area contributed by atoms with Crippen molar-refractivity contribution in [1.82, 2.24) is 14.5 Å². The minimum absolute atomic E-state index is 0.299. The molecule has 4 nitrogen and oxygen atoms in total. The van der Waals surface area contributed by atoms with Crippen LogP contribution in [0.4, 0.5) is 0 Å². The molecular weight excluding hydrogens is 250 g/mol. The van der Waals surface area contributed by atoms with E-state index in [2.05, 4.69) is 38.7 Å². The van der Waals surface area contributed by atoms with Gasteiger partial charge in [0.15, 0.2) is 0 Å². The highest BCUT2D eigenvalue weighted by atomic mass is 16.3. The fourth-order valence-corrected chi connectivity index (χ4v) is 2.97. The summed E-state index contributed by atoms with van der Waals surface area (Å²) in [6, 6.07) is 10.4. The van der Waals surface area contributed by atoms with Gasteiger partial charge < -0.3 is 5.11 Å². The van der Waals surface area contributed by atoms with Gasteiger partial charge in [-0.1, -0.05) is 18.2 Å². The molecule has 0 aliphatic carbocycles. The van der Waals surface area contributed by atoms with E-state index in [1.807, 2.05) is 19.2 Å². The number of aromatic nitrogens is 2. The van der Waals surface area contributed by atoms with Crippen LogP contribution in [0.1, 0.15) is 17.9 Å². The zero-order valence-corrected chi connectivity index (χ0v) is 11.9. The Morgan fingerprint density at radius 1 is 1.30 bits per heavy atom. The SMILES string of the molecule is Cc1ncc(CN2CCC(CO)C2)n1-c1ccccc1. The molecule has 1 unspecified atom stereocenters. The molecule has 0 radical (unpaired) electrons. The van der Waals surface area contributed by atoms with Crippen molar-refractivity contribution in [2.24, 2.45) is 5.92 Å². The molecule has 1 aliphatic rings. The average Bonchev–Trinajstić information content (AvgIpc) is 3.07. The van der Waals surface area contributed by atoms with E-state index in [0.29, 0.717) is 12.5 Å². The third-order valence-electron chi connectivity index (χ3n) is 4.04. The second kappa shape index (κ2) is 5.77. The number of aliphatic hydroxyl groups excluding tert-OH is 1. The summed E-state index contributed by atoms with van der Waals surface area (Å²) in [4.78, 5) is 6.86. The Bertz CT molecular complexity index is 564. The quantitative estimate of drug-likeness (QED) is 0.924. The van der Waals surface area contributed by atoms with E-state index in [9.17, 15) is 5.11 Å². The number of rotatable bonds is 4. The highest BCUT2D eigenvalue weighted by Crippen LogP contribution is 2.20. The number of aliphatic hydroxyl groups is 1. The number of para-hydroxylation sites is 1. The van der Waals surface area contributed by atoms with Crippen molar-refractivity contribution in [3.8, 4) is 5.69 Å². The van der Waals surface area contributed by atoms with E-state index in [1.165, 1.54) is 5.69 Å². The number of imidazole rings is 1. The Hall–Kier alpha value is -1.65. The maximum Gasteiger partial charge on any atom is 0.110 e. The lowest BCUT2D eigenvalue weighted by atomic mass is 10.1. The molecule has 1 aromatic carbocycles. The van der Waals surface area contributed by atoms with Crippen molar-refractivity contribution in [1.29, 1.82) is 0 Å². The number of aryl methyl sites for hydroxylation is 1. The second-order valence-electron chi connectivity index (χ2n) is 5.54. The van der Waals surface area contributed by atoms with E-state index in [4.69, 9.17) is 0 Å². The Morgan fingerprint density at radius 3 is 2.80 bits per heavy atom. The van der Waals surface area contributed by atoms with Crippen LogP contribution < -0.4 is 0 Å². The highest BCUT2D eigenvalue weighted by molar-refractivity contribution is 5.35. The summed E-state index contributed by atoms with van der Waals surface area (Å²) in [6.07, 6.45) is 3.06. The number of benzene rings is 1. The van der Waals surface area contributed by atoms with E-state index >= 15 is 0 Å². The van der Waals surface area contributed by atoms with Crippen LogP contribution in [0.15, 0.2) is 36.5 Å². The third kappa shape index (κ3) is 2.62. The molecule has 2 aromatic rings. The zero-order valence-electron chi connectivity index (χ0n) is 11.9. The van der Waals surface area contributed by atoms with Gasteiger partial charge >= 0.3 is 0 Å². The lowest BCUT2D eigenvalue weighted by Gasteiger charge is -2.17. The van der Waals surface area contributed by atoms with Gasteiger partial charge in [-0.15, -0.1) is 0 Å². The van der Waals surface area contributed by atoms with Crippen molar-refractivity contribution in [2.45, 2.75) is 19.9 Å².